The van der Waals surface area contributed by atoms with Crippen LogP contribution in [0.25, 0.3) is 5.57 Å². The van der Waals surface area contributed by atoms with Crippen LogP contribution in [0.3, 0.4) is 0 Å². The molecule has 20 heavy (non-hydrogen) atoms. The molecule has 0 N–H and O–H groups in total. The molecule has 0 aromatic carbocycles. The predicted octanol–water partition coefficient (Wildman–Crippen LogP) is 5.21. The zero-order chi connectivity index (χ0) is 14.5. The molecule has 1 aromatic rings. The second kappa shape index (κ2) is 6.56. The fourth-order valence-electron chi connectivity index (χ4n) is 2.66. The number of rotatable bonds is 5. The van der Waals surface area contributed by atoms with Gasteiger partial charge in [-0.25, -0.2) is 0 Å². The lowest BCUT2D eigenvalue weighted by molar-refractivity contribution is 0.326. The van der Waals surface area contributed by atoms with Gasteiger partial charge in [0.15, 0.2) is 0 Å². The monoisotopic (exact) mass is 269 g/mol. The van der Waals surface area contributed by atoms with Gasteiger partial charge in [0.2, 0.25) is 0 Å². The maximum Gasteiger partial charge on any atom is 0.119 e. The van der Waals surface area contributed by atoms with Crippen molar-refractivity contribution in [3.05, 3.63) is 60.3 Å². The summed E-state index contributed by atoms with van der Waals surface area (Å²) >= 11 is 0. The van der Waals surface area contributed by atoms with Crippen molar-refractivity contribution >= 4 is 5.57 Å². The summed E-state index contributed by atoms with van der Waals surface area (Å²) in [4.78, 5) is 4.47. The Morgan fingerprint density at radius 1 is 1.35 bits per heavy atom. The molecule has 0 unspecified atom stereocenters. The van der Waals surface area contributed by atoms with Crippen molar-refractivity contribution in [1.29, 1.82) is 0 Å². The first-order chi connectivity index (χ1) is 9.61. The summed E-state index contributed by atoms with van der Waals surface area (Å²) in [7, 11) is 0. The van der Waals surface area contributed by atoms with E-state index in [0.29, 0.717) is 11.7 Å². The van der Waals surface area contributed by atoms with Gasteiger partial charge in [-0.3, -0.25) is 4.98 Å². The molecule has 1 aliphatic rings. The van der Waals surface area contributed by atoms with Crippen molar-refractivity contribution in [2.24, 2.45) is 0 Å². The van der Waals surface area contributed by atoms with E-state index in [1.165, 1.54) is 31.2 Å². The first kappa shape index (κ1) is 14.6. The van der Waals surface area contributed by atoms with Gasteiger partial charge in [0.05, 0.1) is 5.69 Å². The van der Waals surface area contributed by atoms with Crippen LogP contribution in [0.15, 0.2) is 49.1 Å². The molecule has 1 heterocycles. The summed E-state index contributed by atoms with van der Waals surface area (Å²) in [6, 6.07) is 4.35. The third-order valence-corrected chi connectivity index (χ3v) is 4.03. The van der Waals surface area contributed by atoms with Crippen molar-refractivity contribution in [1.82, 2.24) is 4.98 Å². The van der Waals surface area contributed by atoms with E-state index in [9.17, 15) is 0 Å². The smallest absolute Gasteiger partial charge is 0.119 e. The zero-order valence-corrected chi connectivity index (χ0v) is 12.5. The van der Waals surface area contributed by atoms with Crippen molar-refractivity contribution in [3.8, 4) is 0 Å². The molecule has 1 aromatic heterocycles. The standard InChI is InChI=1S/C18H23NO/c1-5-13(2)20-15(4)14(3)18-12-17(10-11-19-18)16-8-6-7-9-16/h5,10-12,16H,1-2,6-9H2,3-4H3/b15-14-. The number of pyridine rings is 1. The second-order valence-electron chi connectivity index (χ2n) is 5.41. The Labute approximate surface area is 121 Å². The highest BCUT2D eigenvalue weighted by atomic mass is 16.5. The van der Waals surface area contributed by atoms with Crippen molar-refractivity contribution < 1.29 is 4.74 Å². The molecule has 2 rings (SSSR count). The Morgan fingerprint density at radius 3 is 2.70 bits per heavy atom. The fraction of sp³-hybridized carbons (Fsp3) is 0.389. The van der Waals surface area contributed by atoms with E-state index in [0.717, 1.165) is 17.0 Å². The van der Waals surface area contributed by atoms with Gasteiger partial charge in [0.25, 0.3) is 0 Å². The minimum atomic E-state index is 0.564. The van der Waals surface area contributed by atoms with E-state index in [4.69, 9.17) is 4.74 Å². The minimum Gasteiger partial charge on any atom is -0.462 e. The van der Waals surface area contributed by atoms with Gasteiger partial charge in [-0.15, -0.1) is 0 Å². The average Bonchev–Trinajstić information content (AvgIpc) is 3.00. The van der Waals surface area contributed by atoms with Gasteiger partial charge in [-0.1, -0.05) is 26.0 Å². The van der Waals surface area contributed by atoms with Gasteiger partial charge >= 0.3 is 0 Å². The lowest BCUT2D eigenvalue weighted by Crippen LogP contribution is -1.97. The lowest BCUT2D eigenvalue weighted by Gasteiger charge is -2.13. The summed E-state index contributed by atoms with van der Waals surface area (Å²) in [5.74, 6) is 2.09. The van der Waals surface area contributed by atoms with Gasteiger partial charge in [0.1, 0.15) is 11.5 Å². The van der Waals surface area contributed by atoms with E-state index in [-0.39, 0.29) is 0 Å². The van der Waals surface area contributed by atoms with Crippen molar-refractivity contribution in [3.63, 3.8) is 0 Å². The molecule has 0 aliphatic heterocycles. The van der Waals surface area contributed by atoms with E-state index in [1.807, 2.05) is 20.0 Å². The summed E-state index contributed by atoms with van der Waals surface area (Å²) in [5, 5.41) is 0. The molecule has 0 spiro atoms. The summed E-state index contributed by atoms with van der Waals surface area (Å²) in [6.45, 7) is 11.4. The molecule has 1 fully saturated rings. The molecule has 0 radical (unpaired) electrons. The van der Waals surface area contributed by atoms with Crippen LogP contribution >= 0.6 is 0 Å². The summed E-state index contributed by atoms with van der Waals surface area (Å²) in [5.41, 5.74) is 3.44. The molecular formula is C18H23NO. The molecule has 106 valence electrons. The number of hydrogen-bond donors (Lipinski definition) is 0. The van der Waals surface area contributed by atoms with Crippen LogP contribution in [0, 0.1) is 0 Å². The third-order valence-electron chi connectivity index (χ3n) is 4.03. The number of ether oxygens (including phenoxy) is 1. The van der Waals surface area contributed by atoms with E-state index >= 15 is 0 Å². The van der Waals surface area contributed by atoms with Crippen LogP contribution < -0.4 is 0 Å². The molecule has 2 heteroatoms. The highest BCUT2D eigenvalue weighted by Gasteiger charge is 2.17. The Morgan fingerprint density at radius 2 is 2.05 bits per heavy atom. The van der Waals surface area contributed by atoms with Crippen LogP contribution in [-0.4, -0.2) is 4.98 Å². The van der Waals surface area contributed by atoms with Gasteiger partial charge in [-0.2, -0.15) is 0 Å². The quantitative estimate of drug-likeness (QED) is 0.541. The van der Waals surface area contributed by atoms with Crippen molar-refractivity contribution in [2.75, 3.05) is 0 Å². The Bertz CT molecular complexity index is 536. The summed E-state index contributed by atoms with van der Waals surface area (Å²) < 4.78 is 5.61. The maximum atomic E-state index is 5.61. The SMILES string of the molecule is C=CC(=C)O/C(C)=C(/C)c1cc(C2CCCC2)ccn1. The summed E-state index contributed by atoms with van der Waals surface area (Å²) in [6.07, 6.45) is 8.81. The molecule has 0 bridgehead atoms. The number of aromatic nitrogens is 1. The van der Waals surface area contributed by atoms with Crippen LogP contribution in [0.5, 0.6) is 0 Å². The average molecular weight is 269 g/mol. The number of hydrogen-bond acceptors (Lipinski definition) is 2. The molecule has 1 saturated carbocycles. The third kappa shape index (κ3) is 3.38. The number of allylic oxidation sites excluding steroid dienone is 3. The predicted molar refractivity (Wildman–Crippen MR) is 84.1 cm³/mol. The maximum absolute atomic E-state index is 5.61. The zero-order valence-electron chi connectivity index (χ0n) is 12.5. The first-order valence-corrected chi connectivity index (χ1v) is 7.25. The Kier molecular flexibility index (Phi) is 4.78. The highest BCUT2D eigenvalue weighted by Crippen LogP contribution is 2.34. The topological polar surface area (TPSA) is 22.1 Å². The Balaban J connectivity index is 2.23. The van der Waals surface area contributed by atoms with Crippen LogP contribution in [0.4, 0.5) is 0 Å². The van der Waals surface area contributed by atoms with Gasteiger partial charge < -0.3 is 4.74 Å². The van der Waals surface area contributed by atoms with Crippen LogP contribution in [-0.2, 0) is 4.74 Å². The number of nitrogens with zero attached hydrogens (tertiary/aromatic N) is 1. The van der Waals surface area contributed by atoms with E-state index in [2.05, 4.69) is 30.3 Å². The van der Waals surface area contributed by atoms with E-state index in [1.54, 1.807) is 6.08 Å². The molecular weight excluding hydrogens is 246 g/mol. The molecule has 0 amide bonds. The molecule has 2 nitrogen and oxygen atoms in total. The van der Waals surface area contributed by atoms with Crippen LogP contribution in [0.1, 0.15) is 56.7 Å². The minimum absolute atomic E-state index is 0.564. The molecule has 0 atom stereocenters. The van der Waals surface area contributed by atoms with Gasteiger partial charge in [-0.05, 0) is 56.4 Å². The Hall–Kier alpha value is -1.83. The highest BCUT2D eigenvalue weighted by molar-refractivity contribution is 5.63. The molecule has 1 aliphatic carbocycles. The molecule has 0 saturated heterocycles. The van der Waals surface area contributed by atoms with Gasteiger partial charge in [0, 0.05) is 11.8 Å². The second-order valence-corrected chi connectivity index (χ2v) is 5.41. The van der Waals surface area contributed by atoms with Crippen molar-refractivity contribution in [2.45, 2.75) is 45.4 Å². The van der Waals surface area contributed by atoms with Crippen LogP contribution in [0.2, 0.25) is 0 Å². The normalized spacial score (nSPS) is 16.7. The largest absolute Gasteiger partial charge is 0.462 e. The lowest BCUT2D eigenvalue weighted by atomic mass is 9.97. The fourth-order valence-corrected chi connectivity index (χ4v) is 2.66. The first-order valence-electron chi connectivity index (χ1n) is 7.25. The van der Waals surface area contributed by atoms with E-state index < -0.39 is 0 Å².